The molecule has 0 aliphatic carbocycles. The summed E-state index contributed by atoms with van der Waals surface area (Å²) in [4.78, 5) is 12.3. The van der Waals surface area contributed by atoms with Gasteiger partial charge in [-0.3, -0.25) is 4.79 Å². The summed E-state index contributed by atoms with van der Waals surface area (Å²) < 4.78 is 0. The Hall–Kier alpha value is -2.11. The number of carbonyl (C=O) groups is 1. The second-order valence-electron chi connectivity index (χ2n) is 4.08. The number of halogens is 2. The first-order valence-corrected chi connectivity index (χ1v) is 6.46. The van der Waals surface area contributed by atoms with E-state index in [9.17, 15) is 4.79 Å². The number of aromatic amines is 1. The highest BCUT2D eigenvalue weighted by atomic mass is 35.5. The molecule has 5 nitrogen and oxygen atoms in total. The lowest BCUT2D eigenvalue weighted by Gasteiger charge is -2.06. The third kappa shape index (κ3) is 2.33. The zero-order valence-electron chi connectivity index (χ0n) is 10.0. The Kier molecular flexibility index (Phi) is 3.30. The Morgan fingerprint density at radius 2 is 1.95 bits per heavy atom. The topological polar surface area (TPSA) is 70.7 Å². The normalized spacial score (nSPS) is 10.7. The van der Waals surface area contributed by atoms with Crippen LogP contribution >= 0.6 is 23.2 Å². The lowest BCUT2D eigenvalue weighted by atomic mass is 10.1. The first-order chi connectivity index (χ1) is 9.65. The average Bonchev–Trinajstić information content (AvgIpc) is 2.91. The average molecular weight is 307 g/mol. The molecule has 0 aliphatic heterocycles. The molecule has 0 bridgehead atoms. The predicted octanol–water partition coefficient (Wildman–Crippen LogP) is 3.52. The maximum Gasteiger partial charge on any atom is 0.258 e. The summed E-state index contributed by atoms with van der Waals surface area (Å²) in [7, 11) is 0. The van der Waals surface area contributed by atoms with Crippen molar-refractivity contribution in [3.05, 3.63) is 52.0 Å². The molecule has 20 heavy (non-hydrogen) atoms. The van der Waals surface area contributed by atoms with Crippen molar-refractivity contribution in [1.29, 1.82) is 0 Å². The van der Waals surface area contributed by atoms with Crippen LogP contribution in [0.15, 0.2) is 36.4 Å². The zero-order chi connectivity index (χ0) is 14.1. The molecule has 2 aromatic carbocycles. The van der Waals surface area contributed by atoms with E-state index in [0.717, 1.165) is 0 Å². The lowest BCUT2D eigenvalue weighted by Crippen LogP contribution is -2.12. The minimum atomic E-state index is -0.289. The number of para-hydroxylation sites is 1. The smallest absolute Gasteiger partial charge is 0.258 e. The number of amides is 1. The van der Waals surface area contributed by atoms with Gasteiger partial charge in [-0.15, -0.1) is 0 Å². The Balaban J connectivity index is 1.93. The number of nitrogens with zero attached hydrogens (tertiary/aromatic N) is 2. The van der Waals surface area contributed by atoms with Gasteiger partial charge in [0.2, 0.25) is 0 Å². The SMILES string of the molecule is O=C(Nc1ccc(Cl)c(Cl)c1)c1cccc2n[nH]nc12. The Morgan fingerprint density at radius 3 is 2.75 bits per heavy atom. The molecule has 1 heterocycles. The van der Waals surface area contributed by atoms with Crippen molar-refractivity contribution in [3.63, 3.8) is 0 Å². The van der Waals surface area contributed by atoms with Crippen LogP contribution < -0.4 is 5.32 Å². The van der Waals surface area contributed by atoms with Crippen LogP contribution in [0.25, 0.3) is 11.0 Å². The Labute approximate surface area is 123 Å². The van der Waals surface area contributed by atoms with E-state index in [1.807, 2.05) is 0 Å². The number of benzene rings is 2. The molecule has 3 rings (SSSR count). The third-order valence-corrected chi connectivity index (χ3v) is 3.51. The van der Waals surface area contributed by atoms with Gasteiger partial charge < -0.3 is 5.32 Å². The van der Waals surface area contributed by atoms with Crippen molar-refractivity contribution in [2.75, 3.05) is 5.32 Å². The molecule has 0 unspecified atom stereocenters. The van der Waals surface area contributed by atoms with E-state index in [4.69, 9.17) is 23.2 Å². The quantitative estimate of drug-likeness (QED) is 0.761. The number of anilines is 1. The minimum Gasteiger partial charge on any atom is -0.322 e. The first-order valence-electron chi connectivity index (χ1n) is 5.71. The van der Waals surface area contributed by atoms with E-state index in [0.29, 0.717) is 32.3 Å². The van der Waals surface area contributed by atoms with E-state index in [2.05, 4.69) is 20.7 Å². The van der Waals surface area contributed by atoms with Gasteiger partial charge in [-0.1, -0.05) is 29.3 Å². The molecule has 3 aromatic rings. The number of aromatic nitrogens is 3. The molecule has 0 saturated heterocycles. The largest absolute Gasteiger partial charge is 0.322 e. The van der Waals surface area contributed by atoms with Crippen LogP contribution in [0.2, 0.25) is 10.0 Å². The van der Waals surface area contributed by atoms with Crippen LogP contribution in [-0.4, -0.2) is 21.3 Å². The molecule has 0 aliphatic rings. The molecule has 0 fully saturated rings. The third-order valence-electron chi connectivity index (χ3n) is 2.77. The minimum absolute atomic E-state index is 0.289. The van der Waals surface area contributed by atoms with Gasteiger partial charge in [0.15, 0.2) is 0 Å². The maximum atomic E-state index is 12.3. The van der Waals surface area contributed by atoms with Crippen molar-refractivity contribution >= 4 is 45.8 Å². The molecular formula is C13H8Cl2N4O. The summed E-state index contributed by atoms with van der Waals surface area (Å²) in [5.74, 6) is -0.289. The van der Waals surface area contributed by atoms with Crippen molar-refractivity contribution in [2.45, 2.75) is 0 Å². The second kappa shape index (κ2) is 5.11. The van der Waals surface area contributed by atoms with Gasteiger partial charge in [-0.2, -0.15) is 15.4 Å². The highest BCUT2D eigenvalue weighted by Crippen LogP contribution is 2.25. The number of nitrogens with one attached hydrogen (secondary N) is 2. The number of carbonyl (C=O) groups excluding carboxylic acids is 1. The number of hydrogen-bond donors (Lipinski definition) is 2. The van der Waals surface area contributed by atoms with Gasteiger partial charge >= 0.3 is 0 Å². The fraction of sp³-hybridized carbons (Fsp3) is 0. The molecule has 0 spiro atoms. The molecule has 7 heteroatoms. The summed E-state index contributed by atoms with van der Waals surface area (Å²) in [6.07, 6.45) is 0. The van der Waals surface area contributed by atoms with Crippen molar-refractivity contribution in [1.82, 2.24) is 15.4 Å². The van der Waals surface area contributed by atoms with E-state index < -0.39 is 0 Å². The first kappa shape index (κ1) is 12.9. The van der Waals surface area contributed by atoms with Crippen LogP contribution in [0.3, 0.4) is 0 Å². The molecule has 1 amide bonds. The van der Waals surface area contributed by atoms with Crippen molar-refractivity contribution in [2.24, 2.45) is 0 Å². The van der Waals surface area contributed by atoms with Crippen molar-refractivity contribution in [3.8, 4) is 0 Å². The van der Waals surface area contributed by atoms with E-state index in [-0.39, 0.29) is 5.91 Å². The molecular weight excluding hydrogens is 299 g/mol. The molecule has 0 atom stereocenters. The van der Waals surface area contributed by atoms with Gasteiger partial charge in [0.25, 0.3) is 5.91 Å². The van der Waals surface area contributed by atoms with Crippen LogP contribution in [0.1, 0.15) is 10.4 Å². The van der Waals surface area contributed by atoms with E-state index in [1.54, 1.807) is 36.4 Å². The predicted molar refractivity (Wildman–Crippen MR) is 78.3 cm³/mol. The number of hydrogen-bond acceptors (Lipinski definition) is 3. The summed E-state index contributed by atoms with van der Waals surface area (Å²) in [6.45, 7) is 0. The van der Waals surface area contributed by atoms with E-state index in [1.165, 1.54) is 0 Å². The molecule has 0 saturated carbocycles. The maximum absolute atomic E-state index is 12.3. The number of H-pyrrole nitrogens is 1. The van der Waals surface area contributed by atoms with Crippen LogP contribution in [-0.2, 0) is 0 Å². The summed E-state index contributed by atoms with van der Waals surface area (Å²) >= 11 is 11.7. The van der Waals surface area contributed by atoms with Crippen molar-refractivity contribution < 1.29 is 4.79 Å². The number of fused-ring (bicyclic) bond motifs is 1. The molecule has 0 radical (unpaired) electrons. The summed E-state index contributed by atoms with van der Waals surface area (Å²) in [5, 5.41) is 14.0. The van der Waals surface area contributed by atoms with Gasteiger partial charge in [0, 0.05) is 5.69 Å². The fourth-order valence-corrected chi connectivity index (χ4v) is 2.12. The second-order valence-corrected chi connectivity index (χ2v) is 4.89. The van der Waals surface area contributed by atoms with Crippen LogP contribution in [0.5, 0.6) is 0 Å². The van der Waals surface area contributed by atoms with Crippen LogP contribution in [0, 0.1) is 0 Å². The highest BCUT2D eigenvalue weighted by molar-refractivity contribution is 6.42. The van der Waals surface area contributed by atoms with Crippen LogP contribution in [0.4, 0.5) is 5.69 Å². The standard InChI is InChI=1S/C13H8Cl2N4O/c14-9-5-4-7(6-10(9)15)16-13(20)8-2-1-3-11-12(8)18-19-17-11/h1-6H,(H,16,20)(H,17,18,19). The molecule has 2 N–H and O–H groups in total. The summed E-state index contributed by atoms with van der Waals surface area (Å²) in [6, 6.07) is 10.1. The Morgan fingerprint density at radius 1 is 1.10 bits per heavy atom. The zero-order valence-corrected chi connectivity index (χ0v) is 11.5. The lowest BCUT2D eigenvalue weighted by molar-refractivity contribution is 0.102. The number of rotatable bonds is 2. The molecule has 100 valence electrons. The Bertz CT molecular complexity index is 800. The van der Waals surface area contributed by atoms with E-state index >= 15 is 0 Å². The van der Waals surface area contributed by atoms with Gasteiger partial charge in [-0.05, 0) is 30.3 Å². The fourth-order valence-electron chi connectivity index (χ4n) is 1.82. The van der Waals surface area contributed by atoms with Gasteiger partial charge in [0.1, 0.15) is 11.0 Å². The summed E-state index contributed by atoms with van der Waals surface area (Å²) in [5.41, 5.74) is 2.14. The van der Waals surface area contributed by atoms with Gasteiger partial charge in [0.05, 0.1) is 15.6 Å². The monoisotopic (exact) mass is 306 g/mol. The molecule has 1 aromatic heterocycles. The highest BCUT2D eigenvalue weighted by Gasteiger charge is 2.13. The van der Waals surface area contributed by atoms with Gasteiger partial charge in [-0.25, -0.2) is 0 Å².